The summed E-state index contributed by atoms with van der Waals surface area (Å²) in [6.07, 6.45) is 6.63. The molecule has 2 aliphatic rings. The molecule has 6 rings (SSSR count). The molecule has 49 heavy (non-hydrogen) atoms. The monoisotopic (exact) mass is 698 g/mol. The zero-order chi connectivity index (χ0) is 34.3. The number of hydrogen-bond donors (Lipinski definition) is 3. The van der Waals surface area contributed by atoms with Gasteiger partial charge in [0.05, 0.1) is 6.61 Å². The fraction of sp³-hybridized carbons (Fsp3) is 0.206. The number of thioether (sulfide) groups is 1. The van der Waals surface area contributed by atoms with Gasteiger partial charge in [-0.15, -0.1) is 11.8 Å². The van der Waals surface area contributed by atoms with E-state index in [0.717, 1.165) is 28.2 Å². The van der Waals surface area contributed by atoms with Crippen LogP contribution in [0.3, 0.4) is 0 Å². The fourth-order valence-corrected chi connectivity index (χ4v) is 7.18. The van der Waals surface area contributed by atoms with E-state index in [-0.39, 0.29) is 29.0 Å². The first-order valence-electron chi connectivity index (χ1n) is 15.1. The average molecular weight is 699 g/mol. The maximum Gasteiger partial charge on any atom is 0.356 e. The second-order valence-corrected chi connectivity index (χ2v) is 12.8. The number of carbonyl (C=O) groups is 3. The van der Waals surface area contributed by atoms with E-state index in [9.17, 15) is 19.5 Å². The van der Waals surface area contributed by atoms with Gasteiger partial charge in [-0.3, -0.25) is 14.5 Å². The van der Waals surface area contributed by atoms with E-state index in [1.165, 1.54) is 23.8 Å². The number of benzene rings is 2. The smallest absolute Gasteiger partial charge is 0.356 e. The number of oxime groups is 1. The Morgan fingerprint density at radius 2 is 1.86 bits per heavy atom. The lowest BCUT2D eigenvalue weighted by atomic mass is 10.0. The summed E-state index contributed by atoms with van der Waals surface area (Å²) in [6.45, 7) is 0.365. The van der Waals surface area contributed by atoms with Crippen LogP contribution in [0.15, 0.2) is 114 Å². The second-order valence-electron chi connectivity index (χ2n) is 10.9. The Hall–Kier alpha value is -5.38. The molecule has 0 radical (unpaired) electrons. The number of nitrogen functional groups attached to an aromatic ring is 1. The fourth-order valence-electron chi connectivity index (χ4n) is 5.42. The van der Waals surface area contributed by atoms with Crippen molar-refractivity contribution in [3.05, 3.63) is 131 Å². The van der Waals surface area contributed by atoms with Crippen molar-refractivity contribution in [1.82, 2.24) is 19.6 Å². The first kappa shape index (κ1) is 33.5. The summed E-state index contributed by atoms with van der Waals surface area (Å²) in [4.78, 5) is 51.5. The van der Waals surface area contributed by atoms with E-state index >= 15 is 0 Å². The van der Waals surface area contributed by atoms with Crippen LogP contribution in [-0.4, -0.2) is 67.1 Å². The van der Waals surface area contributed by atoms with Crippen molar-refractivity contribution in [3.63, 3.8) is 0 Å². The van der Waals surface area contributed by atoms with Gasteiger partial charge in [0.25, 0.3) is 11.8 Å². The summed E-state index contributed by atoms with van der Waals surface area (Å²) in [7, 11) is 1.27. The lowest BCUT2D eigenvalue weighted by Crippen LogP contribution is -2.71. The number of aromatic nitrogens is 3. The number of aliphatic hydroxyl groups is 1. The van der Waals surface area contributed by atoms with Crippen LogP contribution in [0.25, 0.3) is 0 Å². The number of nitrogens with zero attached hydrogens (tertiary/aromatic N) is 5. The van der Waals surface area contributed by atoms with Gasteiger partial charge in [0, 0.05) is 28.9 Å². The van der Waals surface area contributed by atoms with Crippen molar-refractivity contribution in [2.24, 2.45) is 5.16 Å². The number of carbonyl (C=O) groups excluding carboxylic acids is 3. The molecule has 4 N–H and O–H groups in total. The number of nitrogens with one attached hydrogen (secondary N) is 1. The first-order chi connectivity index (χ1) is 23.9. The number of amides is 2. The highest BCUT2D eigenvalue weighted by Gasteiger charge is 2.54. The van der Waals surface area contributed by atoms with Gasteiger partial charge in [-0.05, 0) is 28.8 Å². The molecule has 1 unspecified atom stereocenters. The summed E-state index contributed by atoms with van der Waals surface area (Å²) >= 11 is 2.29. The number of ether oxygens (including phenoxy) is 1. The second kappa shape index (κ2) is 15.2. The highest BCUT2D eigenvalue weighted by atomic mass is 32.2. The zero-order valence-corrected chi connectivity index (χ0v) is 27.8. The quantitative estimate of drug-likeness (QED) is 0.0656. The van der Waals surface area contributed by atoms with Crippen molar-refractivity contribution < 1.29 is 33.6 Å². The summed E-state index contributed by atoms with van der Waals surface area (Å²) in [5.74, 6) is -1.58. The van der Waals surface area contributed by atoms with Gasteiger partial charge >= 0.3 is 5.97 Å². The molecule has 0 bridgehead atoms. The Labute approximate surface area is 289 Å². The number of pyridine rings is 1. The van der Waals surface area contributed by atoms with E-state index < -0.39 is 35.3 Å². The van der Waals surface area contributed by atoms with Crippen LogP contribution < -0.4 is 15.6 Å². The molecule has 13 nitrogen and oxygen atoms in total. The van der Waals surface area contributed by atoms with Gasteiger partial charge in [-0.1, -0.05) is 71.9 Å². The molecule has 2 atom stereocenters. The molecule has 0 aliphatic carbocycles. The first-order valence-corrected chi connectivity index (χ1v) is 17.0. The van der Waals surface area contributed by atoms with Crippen LogP contribution in [0.2, 0.25) is 0 Å². The van der Waals surface area contributed by atoms with Crippen LogP contribution >= 0.6 is 23.3 Å². The summed E-state index contributed by atoms with van der Waals surface area (Å²) in [5, 5.41) is 15.5. The Bertz CT molecular complexity index is 1890. The topological polar surface area (TPSA) is 173 Å². The van der Waals surface area contributed by atoms with E-state index in [4.69, 9.17) is 15.3 Å². The van der Waals surface area contributed by atoms with Gasteiger partial charge in [0.1, 0.15) is 24.2 Å². The molecule has 2 aromatic carbocycles. The van der Waals surface area contributed by atoms with Crippen molar-refractivity contribution in [1.29, 1.82) is 0 Å². The molecule has 4 heterocycles. The van der Waals surface area contributed by atoms with Crippen LogP contribution in [0, 0.1) is 0 Å². The third-order valence-corrected chi connectivity index (χ3v) is 9.54. The minimum atomic E-state index is -0.973. The molecular formula is C34H32N7O6S2+. The Kier molecular flexibility index (Phi) is 10.4. The minimum Gasteiger partial charge on any atom is -0.448 e. The van der Waals surface area contributed by atoms with E-state index in [0.29, 0.717) is 17.9 Å². The maximum absolute atomic E-state index is 14.2. The standard InChI is InChI=1S/C34H31N7O6S2/c1-46-38-25(29-37-34(35)49-39-29)30(43)36-26-31(44)41-27(24(20-48-32(26)41)15-9-17-40-16-8-10-21(18-40)19-42)33(45)47-28(22-11-4-2-5-12-22)23-13-6-3-7-14-23/h2-16,18,26,28,32,42H,17,19-20H2,1H3,(H2-,35,36,37,39,43)/p+1/t26?,32-/m1/s1. The molecule has 0 spiro atoms. The predicted octanol–water partition coefficient (Wildman–Crippen LogP) is 2.49. The lowest BCUT2D eigenvalue weighted by Gasteiger charge is -2.49. The van der Waals surface area contributed by atoms with Crippen molar-refractivity contribution in [3.8, 4) is 0 Å². The Balaban J connectivity index is 1.30. The lowest BCUT2D eigenvalue weighted by molar-refractivity contribution is -0.687. The molecular weight excluding hydrogens is 667 g/mol. The molecule has 1 fully saturated rings. The Morgan fingerprint density at radius 3 is 2.49 bits per heavy atom. The van der Waals surface area contributed by atoms with Gasteiger partial charge in [0.15, 0.2) is 30.2 Å². The molecule has 250 valence electrons. The summed E-state index contributed by atoms with van der Waals surface area (Å²) < 4.78 is 12.1. The number of allylic oxidation sites excluding steroid dienone is 2. The predicted molar refractivity (Wildman–Crippen MR) is 182 cm³/mol. The normalized spacial score (nSPS) is 17.6. The van der Waals surface area contributed by atoms with Gasteiger partial charge in [0.2, 0.25) is 11.5 Å². The van der Waals surface area contributed by atoms with Crippen LogP contribution in [0.1, 0.15) is 28.6 Å². The summed E-state index contributed by atoms with van der Waals surface area (Å²) in [6, 6.07) is 21.4. The number of hydrogen-bond acceptors (Lipinski definition) is 12. The number of β-lactam (4-membered cyclic amide) rings is 1. The third kappa shape index (κ3) is 7.38. The van der Waals surface area contributed by atoms with Crippen molar-refractivity contribution in [2.75, 3.05) is 18.6 Å². The largest absolute Gasteiger partial charge is 0.448 e. The molecule has 2 aliphatic heterocycles. The molecule has 2 aromatic heterocycles. The number of nitrogens with two attached hydrogens (primary N) is 1. The van der Waals surface area contributed by atoms with Gasteiger partial charge < -0.3 is 25.7 Å². The summed E-state index contributed by atoms with van der Waals surface area (Å²) in [5.41, 5.74) is 8.44. The average Bonchev–Trinajstić information content (AvgIpc) is 3.57. The zero-order valence-electron chi connectivity index (χ0n) is 26.2. The highest BCUT2D eigenvalue weighted by molar-refractivity contribution is 8.00. The van der Waals surface area contributed by atoms with E-state index in [2.05, 4.69) is 19.8 Å². The van der Waals surface area contributed by atoms with Crippen LogP contribution in [0.5, 0.6) is 0 Å². The van der Waals surface area contributed by atoms with Gasteiger partial charge in [-0.2, -0.15) is 9.36 Å². The minimum absolute atomic E-state index is 0.0337. The molecule has 1 saturated heterocycles. The molecule has 2 amide bonds. The number of fused-ring (bicyclic) bond motifs is 1. The number of aliphatic hydroxyl groups excluding tert-OH is 1. The van der Waals surface area contributed by atoms with Crippen LogP contribution in [0.4, 0.5) is 5.13 Å². The van der Waals surface area contributed by atoms with Crippen molar-refractivity contribution >= 4 is 51.9 Å². The van der Waals surface area contributed by atoms with E-state index in [1.54, 1.807) is 6.08 Å². The third-order valence-electron chi connectivity index (χ3n) is 7.70. The van der Waals surface area contributed by atoms with Crippen LogP contribution in [-0.2, 0) is 37.1 Å². The van der Waals surface area contributed by atoms with Crippen molar-refractivity contribution in [2.45, 2.75) is 30.7 Å². The van der Waals surface area contributed by atoms with E-state index in [1.807, 2.05) is 95.8 Å². The molecule has 0 saturated carbocycles. The number of rotatable bonds is 12. The molecule has 4 aromatic rings. The van der Waals surface area contributed by atoms with Gasteiger partial charge in [-0.25, -0.2) is 9.36 Å². The molecule has 15 heteroatoms. The maximum atomic E-state index is 14.2. The number of anilines is 1. The number of esters is 1. The SMILES string of the molecule is CON=C(C(=O)NC1C(=O)N2C(C(=O)OC(c3ccccc3)c3ccccc3)=C(C=CC[n+]3cccc(CO)c3)CS[C@H]12)c1nsc(N)n1. The highest BCUT2D eigenvalue weighted by Crippen LogP contribution is 2.42. The Morgan fingerprint density at radius 1 is 1.14 bits per heavy atom.